The quantitative estimate of drug-likeness (QED) is 0.931. The monoisotopic (exact) mass is 272 g/mol. The van der Waals surface area contributed by atoms with Crippen molar-refractivity contribution in [2.45, 2.75) is 45.4 Å². The third-order valence-electron chi connectivity index (χ3n) is 3.95. The normalized spacial score (nSPS) is 15.8. The predicted octanol–water partition coefficient (Wildman–Crippen LogP) is 2.81. The van der Waals surface area contributed by atoms with Gasteiger partial charge in [0.15, 0.2) is 11.5 Å². The Balaban J connectivity index is 1.75. The minimum atomic E-state index is 0.0889. The van der Waals surface area contributed by atoms with Crippen molar-refractivity contribution in [1.29, 1.82) is 0 Å². The van der Waals surface area contributed by atoms with Crippen LogP contribution in [0.5, 0.6) is 0 Å². The van der Waals surface area contributed by atoms with E-state index in [0.29, 0.717) is 12.3 Å². The second kappa shape index (κ2) is 5.61. The Morgan fingerprint density at radius 1 is 1.45 bits per heavy atom. The van der Waals surface area contributed by atoms with Crippen molar-refractivity contribution < 1.29 is 4.79 Å². The molecule has 1 amide bonds. The fraction of sp³-hybridized carbons (Fsp3) is 0.533. The van der Waals surface area contributed by atoms with Crippen molar-refractivity contribution in [2.24, 2.45) is 5.92 Å². The van der Waals surface area contributed by atoms with Gasteiger partial charge in [-0.1, -0.05) is 19.8 Å². The Labute approximate surface area is 118 Å². The molecular formula is C15H20N4O. The van der Waals surface area contributed by atoms with Crippen LogP contribution in [0.4, 0.5) is 5.69 Å². The molecule has 20 heavy (non-hydrogen) atoms. The molecule has 0 saturated heterocycles. The molecule has 1 fully saturated rings. The first-order valence-electron chi connectivity index (χ1n) is 7.40. The lowest BCUT2D eigenvalue weighted by Crippen LogP contribution is -2.15. The maximum Gasteiger partial charge on any atom is 0.224 e. The van der Waals surface area contributed by atoms with Crippen LogP contribution < -0.4 is 5.32 Å². The van der Waals surface area contributed by atoms with Crippen LogP contribution in [0, 0.1) is 5.92 Å². The molecule has 0 bridgehead atoms. The van der Waals surface area contributed by atoms with Gasteiger partial charge < -0.3 is 5.32 Å². The molecule has 0 aliphatic heterocycles. The minimum Gasteiger partial charge on any atom is -0.323 e. The summed E-state index contributed by atoms with van der Waals surface area (Å²) in [5.41, 5.74) is 1.48. The fourth-order valence-corrected chi connectivity index (χ4v) is 2.88. The van der Waals surface area contributed by atoms with Gasteiger partial charge in [-0.25, -0.2) is 9.50 Å². The van der Waals surface area contributed by atoms with E-state index in [2.05, 4.69) is 15.4 Å². The van der Waals surface area contributed by atoms with Crippen LogP contribution in [0.3, 0.4) is 0 Å². The lowest BCUT2D eigenvalue weighted by Gasteiger charge is -2.09. The van der Waals surface area contributed by atoms with Gasteiger partial charge in [0.25, 0.3) is 0 Å². The number of nitrogens with one attached hydrogen (secondary N) is 1. The minimum absolute atomic E-state index is 0.0889. The lowest BCUT2D eigenvalue weighted by atomic mass is 10.0. The summed E-state index contributed by atoms with van der Waals surface area (Å²) in [6, 6.07) is 3.77. The molecule has 1 saturated carbocycles. The van der Waals surface area contributed by atoms with Gasteiger partial charge in [0.2, 0.25) is 5.91 Å². The smallest absolute Gasteiger partial charge is 0.224 e. The molecule has 1 aliphatic carbocycles. The van der Waals surface area contributed by atoms with Gasteiger partial charge in [-0.05, 0) is 30.9 Å². The van der Waals surface area contributed by atoms with Crippen molar-refractivity contribution in [3.8, 4) is 0 Å². The van der Waals surface area contributed by atoms with Crippen LogP contribution in [-0.4, -0.2) is 20.5 Å². The van der Waals surface area contributed by atoms with Crippen molar-refractivity contribution >= 4 is 17.2 Å². The van der Waals surface area contributed by atoms with E-state index < -0.39 is 0 Å². The van der Waals surface area contributed by atoms with Crippen molar-refractivity contribution in [3.05, 3.63) is 24.2 Å². The first kappa shape index (κ1) is 13.1. The number of anilines is 1. The number of aryl methyl sites for hydroxylation is 1. The summed E-state index contributed by atoms with van der Waals surface area (Å²) in [6.07, 6.45) is 8.15. The van der Waals surface area contributed by atoms with Crippen LogP contribution in [0.2, 0.25) is 0 Å². The molecule has 5 heteroatoms. The van der Waals surface area contributed by atoms with E-state index in [1.54, 1.807) is 4.52 Å². The highest BCUT2D eigenvalue weighted by Gasteiger charge is 2.19. The van der Waals surface area contributed by atoms with E-state index >= 15 is 0 Å². The molecule has 2 aromatic heterocycles. The maximum atomic E-state index is 12.1. The van der Waals surface area contributed by atoms with Crippen molar-refractivity contribution in [1.82, 2.24) is 14.6 Å². The predicted molar refractivity (Wildman–Crippen MR) is 77.6 cm³/mol. The molecule has 0 unspecified atom stereocenters. The van der Waals surface area contributed by atoms with E-state index in [1.165, 1.54) is 25.7 Å². The number of nitrogens with zero attached hydrogens (tertiary/aromatic N) is 3. The molecule has 0 radical (unpaired) electrons. The molecule has 2 heterocycles. The van der Waals surface area contributed by atoms with Gasteiger partial charge in [0, 0.05) is 19.0 Å². The average molecular weight is 272 g/mol. The topological polar surface area (TPSA) is 59.3 Å². The second-order valence-electron chi connectivity index (χ2n) is 5.47. The second-order valence-corrected chi connectivity index (χ2v) is 5.47. The lowest BCUT2D eigenvalue weighted by molar-refractivity contribution is -0.117. The Morgan fingerprint density at radius 3 is 3.00 bits per heavy atom. The van der Waals surface area contributed by atoms with Gasteiger partial charge in [-0.3, -0.25) is 4.79 Å². The van der Waals surface area contributed by atoms with E-state index in [-0.39, 0.29) is 5.91 Å². The summed E-state index contributed by atoms with van der Waals surface area (Å²) in [4.78, 5) is 16.6. The Morgan fingerprint density at radius 2 is 2.25 bits per heavy atom. The number of pyridine rings is 1. The zero-order chi connectivity index (χ0) is 13.9. The third kappa shape index (κ3) is 2.66. The highest BCUT2D eigenvalue weighted by atomic mass is 16.1. The summed E-state index contributed by atoms with van der Waals surface area (Å²) < 4.78 is 1.73. The van der Waals surface area contributed by atoms with Gasteiger partial charge in [-0.2, -0.15) is 5.10 Å². The third-order valence-corrected chi connectivity index (χ3v) is 3.95. The SMILES string of the molecule is CCc1nc2c(NC(=O)CC3CCCC3)cccn2n1. The van der Waals surface area contributed by atoms with Crippen molar-refractivity contribution in [2.75, 3.05) is 5.32 Å². The summed E-state index contributed by atoms with van der Waals surface area (Å²) in [6.45, 7) is 2.02. The molecule has 0 aromatic carbocycles. The molecule has 106 valence electrons. The molecule has 1 aliphatic rings. The van der Waals surface area contributed by atoms with Crippen molar-refractivity contribution in [3.63, 3.8) is 0 Å². The van der Waals surface area contributed by atoms with Gasteiger partial charge in [0.1, 0.15) is 0 Å². The molecule has 2 aromatic rings. The molecule has 0 atom stereocenters. The molecule has 1 N–H and O–H groups in total. The number of hydrogen-bond acceptors (Lipinski definition) is 3. The molecule has 5 nitrogen and oxygen atoms in total. The number of aromatic nitrogens is 3. The summed E-state index contributed by atoms with van der Waals surface area (Å²) in [7, 11) is 0. The van der Waals surface area contributed by atoms with Crippen LogP contribution >= 0.6 is 0 Å². The number of rotatable bonds is 4. The molecular weight excluding hydrogens is 252 g/mol. The number of amides is 1. The Kier molecular flexibility index (Phi) is 3.67. The average Bonchev–Trinajstić information content (AvgIpc) is 3.07. The zero-order valence-electron chi connectivity index (χ0n) is 11.8. The zero-order valence-corrected chi connectivity index (χ0v) is 11.8. The number of carbonyl (C=O) groups excluding carboxylic acids is 1. The number of fused-ring (bicyclic) bond motifs is 1. The first-order chi connectivity index (χ1) is 9.76. The highest BCUT2D eigenvalue weighted by Crippen LogP contribution is 2.28. The number of carbonyl (C=O) groups is 1. The fourth-order valence-electron chi connectivity index (χ4n) is 2.88. The van der Waals surface area contributed by atoms with E-state index in [4.69, 9.17) is 0 Å². The molecule has 0 spiro atoms. The van der Waals surface area contributed by atoms with Gasteiger partial charge in [0.05, 0.1) is 5.69 Å². The molecule has 3 rings (SSSR count). The van der Waals surface area contributed by atoms with E-state index in [9.17, 15) is 4.79 Å². The van der Waals surface area contributed by atoms with Gasteiger partial charge >= 0.3 is 0 Å². The van der Waals surface area contributed by atoms with E-state index in [1.807, 2.05) is 25.3 Å². The first-order valence-corrected chi connectivity index (χ1v) is 7.40. The Hall–Kier alpha value is -1.91. The van der Waals surface area contributed by atoms with Crippen LogP contribution in [-0.2, 0) is 11.2 Å². The maximum absolute atomic E-state index is 12.1. The van der Waals surface area contributed by atoms with E-state index in [0.717, 1.165) is 23.6 Å². The summed E-state index contributed by atoms with van der Waals surface area (Å²) in [5, 5.41) is 7.34. The Bertz CT molecular complexity index is 613. The largest absolute Gasteiger partial charge is 0.323 e. The summed E-state index contributed by atoms with van der Waals surface area (Å²) >= 11 is 0. The number of hydrogen-bond donors (Lipinski definition) is 1. The summed E-state index contributed by atoms with van der Waals surface area (Å²) in [5.74, 6) is 1.44. The van der Waals surface area contributed by atoms with Crippen LogP contribution in [0.15, 0.2) is 18.3 Å². The van der Waals surface area contributed by atoms with Crippen LogP contribution in [0.1, 0.15) is 44.9 Å². The van der Waals surface area contributed by atoms with Crippen LogP contribution in [0.25, 0.3) is 5.65 Å². The standard InChI is InChI=1S/C15H20N4O/c1-2-13-17-15-12(8-5-9-19(15)18-13)16-14(20)10-11-6-3-4-7-11/h5,8-9,11H,2-4,6-7,10H2,1H3,(H,16,20). The van der Waals surface area contributed by atoms with Gasteiger partial charge in [-0.15, -0.1) is 0 Å². The highest BCUT2D eigenvalue weighted by molar-refractivity contribution is 5.94.